The van der Waals surface area contributed by atoms with Crippen LogP contribution in [0.25, 0.3) is 11.1 Å². The molecule has 7 heterocycles. The Hall–Kier alpha value is -6.74. The average molecular weight is 926 g/mol. The third kappa shape index (κ3) is 9.21. The lowest BCUT2D eigenvalue weighted by atomic mass is 9.92. The summed E-state index contributed by atoms with van der Waals surface area (Å²) in [4.78, 5) is 80.6. The minimum atomic E-state index is -2.77. The lowest BCUT2D eigenvalue weighted by Crippen LogP contribution is -2.54. The summed E-state index contributed by atoms with van der Waals surface area (Å²) in [7, 11) is 1.61. The molecule has 0 spiro atoms. The van der Waals surface area contributed by atoms with Crippen molar-refractivity contribution in [3.05, 3.63) is 76.2 Å². The summed E-state index contributed by atoms with van der Waals surface area (Å²) in [5, 5.41) is 20.5. The van der Waals surface area contributed by atoms with Crippen LogP contribution in [-0.4, -0.2) is 131 Å². The van der Waals surface area contributed by atoms with Crippen molar-refractivity contribution in [3.63, 3.8) is 0 Å². The largest absolute Gasteiger partial charge is 0.382 e. The Bertz CT molecular complexity index is 2590. The Morgan fingerprint density at radius 1 is 0.985 bits per heavy atom. The van der Waals surface area contributed by atoms with E-state index in [1.54, 1.807) is 47.2 Å². The summed E-state index contributed by atoms with van der Waals surface area (Å²) < 4.78 is 45.0. The second kappa shape index (κ2) is 19.6. The fourth-order valence-electron chi connectivity index (χ4n) is 9.72. The Morgan fingerprint density at radius 2 is 1.82 bits per heavy atom. The van der Waals surface area contributed by atoms with Gasteiger partial charge < -0.3 is 35.2 Å². The minimum absolute atomic E-state index is 0.0254. The van der Waals surface area contributed by atoms with Gasteiger partial charge in [-0.1, -0.05) is 6.07 Å². The van der Waals surface area contributed by atoms with Crippen molar-refractivity contribution in [1.29, 1.82) is 0 Å². The minimum Gasteiger partial charge on any atom is -0.382 e. The fraction of sp³-hybridized carbons (Fsp3) is 0.478. The number of piperidine rings is 1. The first-order valence-corrected chi connectivity index (χ1v) is 22.8. The number of hydrogen-bond donors (Lipinski definition) is 4. The van der Waals surface area contributed by atoms with E-state index in [-0.39, 0.29) is 80.2 Å². The smallest absolute Gasteiger partial charge is 0.317 e. The maximum absolute atomic E-state index is 15.0. The zero-order valence-electron chi connectivity index (χ0n) is 37.2. The molecule has 1 atom stereocenters. The van der Waals surface area contributed by atoms with Crippen molar-refractivity contribution < 1.29 is 47.0 Å². The third-order valence-electron chi connectivity index (χ3n) is 13.1. The molecular formula is C46H53F2N11O8. The van der Waals surface area contributed by atoms with Gasteiger partial charge in [0.25, 0.3) is 18.2 Å². The summed E-state index contributed by atoms with van der Waals surface area (Å²) in [6.07, 6.45) is 4.43. The van der Waals surface area contributed by atoms with E-state index in [0.717, 1.165) is 41.0 Å². The van der Waals surface area contributed by atoms with E-state index in [1.165, 1.54) is 6.07 Å². The predicted octanol–water partition coefficient (Wildman–Crippen LogP) is 3.85. The van der Waals surface area contributed by atoms with Crippen LogP contribution in [0.3, 0.4) is 0 Å². The van der Waals surface area contributed by atoms with Gasteiger partial charge in [-0.3, -0.25) is 43.6 Å². The molecule has 19 nitrogen and oxygen atoms in total. The molecule has 0 radical (unpaired) electrons. The number of carbonyl (C=O) groups is 6. The zero-order valence-corrected chi connectivity index (χ0v) is 37.2. The molecule has 0 aliphatic carbocycles. The van der Waals surface area contributed by atoms with Crippen LogP contribution in [0.2, 0.25) is 0 Å². The number of urea groups is 1. The van der Waals surface area contributed by atoms with Gasteiger partial charge in [0.15, 0.2) is 5.82 Å². The number of imide groups is 2. The van der Waals surface area contributed by atoms with Crippen LogP contribution in [0.15, 0.2) is 42.7 Å². The molecule has 2 aromatic carbocycles. The number of rotatable bonds is 15. The van der Waals surface area contributed by atoms with Crippen LogP contribution in [0, 0.1) is 0 Å². The number of nitrogens with zero attached hydrogens (tertiary/aromatic N) is 7. The normalized spacial score (nSPS) is 18.5. The number of benzene rings is 2. The summed E-state index contributed by atoms with van der Waals surface area (Å²) >= 11 is 0. The maximum atomic E-state index is 15.0. The van der Waals surface area contributed by atoms with Gasteiger partial charge in [0.1, 0.15) is 6.04 Å². The summed E-state index contributed by atoms with van der Waals surface area (Å²) in [6, 6.07) is 7.13. The van der Waals surface area contributed by atoms with Crippen molar-refractivity contribution >= 4 is 52.8 Å². The number of anilines is 3. The summed E-state index contributed by atoms with van der Waals surface area (Å²) in [6.45, 7) is 3.92. The van der Waals surface area contributed by atoms with Crippen LogP contribution >= 0.6 is 0 Å². The monoisotopic (exact) mass is 925 g/mol. The van der Waals surface area contributed by atoms with Gasteiger partial charge in [-0.05, 0) is 67.5 Å². The highest BCUT2D eigenvalue weighted by atomic mass is 19.3. The van der Waals surface area contributed by atoms with Crippen LogP contribution < -0.4 is 26.2 Å². The molecule has 5 aliphatic rings. The van der Waals surface area contributed by atoms with Crippen molar-refractivity contribution in [2.45, 2.75) is 83.0 Å². The molecule has 2 aromatic heterocycles. The first-order valence-electron chi connectivity index (χ1n) is 22.8. The van der Waals surface area contributed by atoms with Gasteiger partial charge in [0.2, 0.25) is 17.7 Å². The van der Waals surface area contributed by atoms with Gasteiger partial charge >= 0.3 is 6.03 Å². The van der Waals surface area contributed by atoms with E-state index in [4.69, 9.17) is 14.6 Å². The number of ether oxygens (including phenoxy) is 2. The Labute approximate surface area is 384 Å². The Morgan fingerprint density at radius 3 is 2.61 bits per heavy atom. The molecule has 21 heteroatoms. The van der Waals surface area contributed by atoms with E-state index in [2.05, 4.69) is 35.9 Å². The highest BCUT2D eigenvalue weighted by Crippen LogP contribution is 2.44. The number of amides is 7. The molecule has 5 aliphatic heterocycles. The van der Waals surface area contributed by atoms with Crippen LogP contribution in [0.4, 0.5) is 30.8 Å². The molecular weight excluding hydrogens is 873 g/mol. The number of nitrogens with one attached hydrogen (secondary N) is 4. The maximum Gasteiger partial charge on any atom is 0.317 e. The number of aryl methyl sites for hydroxylation is 1. The van der Waals surface area contributed by atoms with Gasteiger partial charge in [-0.25, -0.2) is 13.6 Å². The lowest BCUT2D eigenvalue weighted by Gasteiger charge is -2.33. The number of carbonyl (C=O) groups excluding carboxylic acids is 6. The first kappa shape index (κ1) is 45.4. The summed E-state index contributed by atoms with van der Waals surface area (Å²) in [5.74, 6) is -1.89. The SMILES string of the molecule is CNC(=O)N1CCc2c(c(N3CCCc4cc(-c5cnn(CCNC(=O)CCOCCNc6cccc7c6C(=O)N(C6CCC(=O)NC6=O)C7=O)c5)c(C(F)F)cc43)nn2C2CCOCC2)C1. The number of fused-ring (bicyclic) bond motifs is 3. The van der Waals surface area contributed by atoms with E-state index in [9.17, 15) is 37.5 Å². The molecule has 7 amide bonds. The number of halogens is 2. The highest BCUT2D eigenvalue weighted by molar-refractivity contribution is 6.25. The topological polar surface area (TPSA) is 214 Å². The third-order valence-corrected chi connectivity index (χ3v) is 13.1. The predicted molar refractivity (Wildman–Crippen MR) is 238 cm³/mol. The second-order valence-corrected chi connectivity index (χ2v) is 17.2. The van der Waals surface area contributed by atoms with E-state index >= 15 is 0 Å². The number of alkyl halides is 2. The molecule has 2 saturated heterocycles. The quantitative estimate of drug-likeness (QED) is 0.0989. The summed E-state index contributed by atoms with van der Waals surface area (Å²) in [5.41, 5.74) is 5.15. The molecule has 0 bridgehead atoms. The zero-order chi connectivity index (χ0) is 46.8. The lowest BCUT2D eigenvalue weighted by molar-refractivity contribution is -0.136. The Kier molecular flexibility index (Phi) is 13.3. The standard InChI is InChI=1S/C46H53F2N11O8/c1-49-46(65)55-16-9-35-33(26-55)42(54-59(35)29-10-18-66-19-11-29)57-15-3-4-27-22-31(32(41(47)48)23-37(27)57)28-24-52-56(25-28)17-13-51-38(60)12-20-67-21-14-50-34-6-2-5-30-40(34)45(64)58(44(30)63)36-7-8-39(61)53-43(36)62/h2,5-6,22-25,29,36,41,50H,3-4,7-21,26H2,1H3,(H,49,65)(H,51,60)(H,53,61,62). The van der Waals surface area contributed by atoms with Crippen molar-refractivity contribution in [1.82, 2.24) is 45.3 Å². The van der Waals surface area contributed by atoms with Gasteiger partial charge in [-0.15, -0.1) is 0 Å². The number of hydrogen-bond acceptors (Lipinski definition) is 12. The van der Waals surface area contributed by atoms with Crippen molar-refractivity contribution in [3.8, 4) is 11.1 Å². The van der Waals surface area contributed by atoms with E-state index < -0.39 is 36.1 Å². The molecule has 2 fully saturated rings. The van der Waals surface area contributed by atoms with E-state index in [1.807, 2.05) is 6.07 Å². The molecule has 4 N–H and O–H groups in total. The van der Waals surface area contributed by atoms with Crippen LogP contribution in [0.5, 0.6) is 0 Å². The van der Waals surface area contributed by atoms with Crippen LogP contribution in [-0.2, 0) is 49.8 Å². The Balaban J connectivity index is 0.782. The van der Waals surface area contributed by atoms with Gasteiger partial charge in [0.05, 0.1) is 49.7 Å². The van der Waals surface area contributed by atoms with Gasteiger partial charge in [-0.2, -0.15) is 10.2 Å². The highest BCUT2D eigenvalue weighted by Gasteiger charge is 2.45. The molecule has 9 rings (SSSR count). The number of aromatic nitrogens is 4. The molecule has 1 unspecified atom stereocenters. The fourth-order valence-corrected chi connectivity index (χ4v) is 9.72. The van der Waals surface area contributed by atoms with Gasteiger partial charge in [0, 0.05) is 106 Å². The first-order chi connectivity index (χ1) is 32.5. The van der Waals surface area contributed by atoms with E-state index in [0.29, 0.717) is 80.6 Å². The average Bonchev–Trinajstić information content (AvgIpc) is 4.03. The molecule has 354 valence electrons. The van der Waals surface area contributed by atoms with Crippen molar-refractivity contribution in [2.75, 3.05) is 69.9 Å². The molecule has 67 heavy (non-hydrogen) atoms. The van der Waals surface area contributed by atoms with Crippen LogP contribution in [0.1, 0.15) is 94.1 Å². The second-order valence-electron chi connectivity index (χ2n) is 17.2. The molecule has 0 saturated carbocycles. The molecule has 4 aromatic rings. The van der Waals surface area contributed by atoms with Crippen molar-refractivity contribution in [2.24, 2.45) is 0 Å².